The van der Waals surface area contributed by atoms with Gasteiger partial charge in [-0.2, -0.15) is 0 Å². The van der Waals surface area contributed by atoms with E-state index in [1.54, 1.807) is 5.57 Å². The minimum Gasteiger partial charge on any atom is -0.0847 e. The SMILES string of the molecule is C/C=C(C)/C=C/C=C\C=C\C1=C(C)CCCC1(C)C. The van der Waals surface area contributed by atoms with E-state index in [0.29, 0.717) is 5.41 Å². The van der Waals surface area contributed by atoms with Crippen molar-refractivity contribution in [3.63, 3.8) is 0 Å². The maximum atomic E-state index is 2.36. The molecule has 0 heteroatoms. The van der Waals surface area contributed by atoms with Crippen LogP contribution in [0.2, 0.25) is 0 Å². The van der Waals surface area contributed by atoms with Crippen molar-refractivity contribution >= 4 is 0 Å². The van der Waals surface area contributed by atoms with Gasteiger partial charge in [-0.3, -0.25) is 0 Å². The van der Waals surface area contributed by atoms with E-state index in [2.05, 4.69) is 77.2 Å². The summed E-state index contributed by atoms with van der Waals surface area (Å²) in [7, 11) is 0. The van der Waals surface area contributed by atoms with E-state index in [4.69, 9.17) is 0 Å². The second-order valence-electron chi connectivity index (χ2n) is 6.07. The predicted molar refractivity (Wildman–Crippen MR) is 87.2 cm³/mol. The van der Waals surface area contributed by atoms with Crippen LogP contribution in [0.5, 0.6) is 0 Å². The fourth-order valence-corrected chi connectivity index (χ4v) is 2.59. The summed E-state index contributed by atoms with van der Waals surface area (Å²) in [5, 5.41) is 0. The van der Waals surface area contributed by atoms with Crippen molar-refractivity contribution in [3.8, 4) is 0 Å². The van der Waals surface area contributed by atoms with Crippen molar-refractivity contribution in [2.75, 3.05) is 0 Å². The molecule has 104 valence electrons. The Hall–Kier alpha value is -1.30. The van der Waals surface area contributed by atoms with Crippen LogP contribution in [-0.4, -0.2) is 0 Å². The second-order valence-corrected chi connectivity index (χ2v) is 6.07. The van der Waals surface area contributed by atoms with Gasteiger partial charge in [0, 0.05) is 0 Å². The Labute approximate surface area is 119 Å². The van der Waals surface area contributed by atoms with E-state index in [9.17, 15) is 0 Å². The molecule has 1 rings (SSSR count). The van der Waals surface area contributed by atoms with Gasteiger partial charge in [0.05, 0.1) is 0 Å². The molecule has 0 radical (unpaired) electrons. The molecule has 0 aromatic heterocycles. The Kier molecular flexibility index (Phi) is 6.08. The van der Waals surface area contributed by atoms with Gasteiger partial charge in [-0.25, -0.2) is 0 Å². The highest BCUT2D eigenvalue weighted by molar-refractivity contribution is 5.34. The van der Waals surface area contributed by atoms with Gasteiger partial charge in [-0.15, -0.1) is 0 Å². The van der Waals surface area contributed by atoms with Crippen LogP contribution in [0.15, 0.2) is 59.3 Å². The molecule has 0 unspecified atom stereocenters. The van der Waals surface area contributed by atoms with Gasteiger partial charge in [-0.1, -0.05) is 67.5 Å². The van der Waals surface area contributed by atoms with Crippen molar-refractivity contribution in [2.24, 2.45) is 5.41 Å². The molecule has 0 aliphatic heterocycles. The third-order valence-corrected chi connectivity index (χ3v) is 3.95. The van der Waals surface area contributed by atoms with Crippen LogP contribution in [0.25, 0.3) is 0 Å². The number of allylic oxidation sites excluding steroid dienone is 10. The smallest absolute Gasteiger partial charge is 0.0104 e. The highest BCUT2D eigenvalue weighted by atomic mass is 14.3. The van der Waals surface area contributed by atoms with E-state index < -0.39 is 0 Å². The van der Waals surface area contributed by atoms with Gasteiger partial charge in [0.15, 0.2) is 0 Å². The molecular weight excluding hydrogens is 228 g/mol. The first-order chi connectivity index (χ1) is 8.97. The van der Waals surface area contributed by atoms with Gasteiger partial charge in [0.25, 0.3) is 0 Å². The molecule has 0 bridgehead atoms. The fourth-order valence-electron chi connectivity index (χ4n) is 2.59. The molecule has 0 saturated carbocycles. The van der Waals surface area contributed by atoms with Gasteiger partial charge < -0.3 is 0 Å². The quantitative estimate of drug-likeness (QED) is 0.529. The Bertz CT molecular complexity index is 437. The first-order valence-corrected chi connectivity index (χ1v) is 7.32. The average Bonchev–Trinajstić information content (AvgIpc) is 2.35. The van der Waals surface area contributed by atoms with Crippen molar-refractivity contribution < 1.29 is 0 Å². The molecule has 1 aliphatic carbocycles. The first-order valence-electron chi connectivity index (χ1n) is 7.32. The maximum absolute atomic E-state index is 2.36. The highest BCUT2D eigenvalue weighted by Gasteiger charge is 2.26. The van der Waals surface area contributed by atoms with Gasteiger partial charge in [0.1, 0.15) is 0 Å². The van der Waals surface area contributed by atoms with Crippen LogP contribution < -0.4 is 0 Å². The summed E-state index contributed by atoms with van der Waals surface area (Å²) in [4.78, 5) is 0. The highest BCUT2D eigenvalue weighted by Crippen LogP contribution is 2.40. The van der Waals surface area contributed by atoms with Crippen LogP contribution in [0.1, 0.15) is 53.9 Å². The van der Waals surface area contributed by atoms with E-state index in [-0.39, 0.29) is 0 Å². The number of rotatable bonds is 4. The minimum atomic E-state index is 0.337. The van der Waals surface area contributed by atoms with E-state index >= 15 is 0 Å². The normalized spacial score (nSPS) is 21.2. The molecule has 0 saturated heterocycles. The lowest BCUT2D eigenvalue weighted by Crippen LogP contribution is -2.18. The summed E-state index contributed by atoms with van der Waals surface area (Å²) < 4.78 is 0. The Morgan fingerprint density at radius 3 is 2.42 bits per heavy atom. The number of hydrogen-bond donors (Lipinski definition) is 0. The molecule has 0 aromatic rings. The maximum Gasteiger partial charge on any atom is -0.0104 e. The van der Waals surface area contributed by atoms with Gasteiger partial charge >= 0.3 is 0 Å². The fraction of sp³-hybridized carbons (Fsp3) is 0.474. The van der Waals surface area contributed by atoms with Crippen molar-refractivity contribution in [1.82, 2.24) is 0 Å². The largest absolute Gasteiger partial charge is 0.0847 e. The van der Waals surface area contributed by atoms with Crippen LogP contribution in [0.3, 0.4) is 0 Å². The molecule has 0 nitrogen and oxygen atoms in total. The summed E-state index contributed by atoms with van der Waals surface area (Å²) in [6.45, 7) is 11.2. The molecule has 0 amide bonds. The Balaban J connectivity index is 2.66. The van der Waals surface area contributed by atoms with Crippen LogP contribution in [0.4, 0.5) is 0 Å². The van der Waals surface area contributed by atoms with Crippen molar-refractivity contribution in [1.29, 1.82) is 0 Å². The standard InChI is InChI=1S/C19H28/c1-6-16(2)12-9-7-8-10-14-18-17(3)13-11-15-19(18,4)5/h6-10,12,14H,11,13,15H2,1-5H3/b8-7-,12-9+,14-10+,16-6+. The minimum absolute atomic E-state index is 0.337. The summed E-state index contributed by atoms with van der Waals surface area (Å²) >= 11 is 0. The summed E-state index contributed by atoms with van der Waals surface area (Å²) in [5.74, 6) is 0. The molecule has 0 heterocycles. The average molecular weight is 256 g/mol. The third-order valence-electron chi connectivity index (χ3n) is 3.95. The lowest BCUT2D eigenvalue weighted by molar-refractivity contribution is 0.377. The van der Waals surface area contributed by atoms with Gasteiger partial charge in [-0.05, 0) is 51.0 Å². The van der Waals surface area contributed by atoms with E-state index in [1.165, 1.54) is 30.4 Å². The lowest BCUT2D eigenvalue weighted by Gasteiger charge is -2.32. The zero-order chi connectivity index (χ0) is 14.3. The summed E-state index contributed by atoms with van der Waals surface area (Å²) in [5.41, 5.74) is 4.71. The lowest BCUT2D eigenvalue weighted by atomic mass is 9.73. The Morgan fingerprint density at radius 2 is 1.79 bits per heavy atom. The van der Waals surface area contributed by atoms with Crippen molar-refractivity contribution in [2.45, 2.75) is 53.9 Å². The molecule has 0 N–H and O–H groups in total. The first kappa shape index (κ1) is 15.8. The van der Waals surface area contributed by atoms with Crippen molar-refractivity contribution in [3.05, 3.63) is 59.3 Å². The van der Waals surface area contributed by atoms with Crippen LogP contribution in [-0.2, 0) is 0 Å². The predicted octanol–water partition coefficient (Wildman–Crippen LogP) is 6.15. The molecule has 19 heavy (non-hydrogen) atoms. The molecule has 0 fully saturated rings. The van der Waals surface area contributed by atoms with Crippen LogP contribution >= 0.6 is 0 Å². The van der Waals surface area contributed by atoms with Gasteiger partial charge in [0.2, 0.25) is 0 Å². The topological polar surface area (TPSA) is 0 Å². The molecule has 0 spiro atoms. The third kappa shape index (κ3) is 5.06. The Morgan fingerprint density at radius 1 is 1.11 bits per heavy atom. The monoisotopic (exact) mass is 256 g/mol. The van der Waals surface area contributed by atoms with Crippen LogP contribution in [0, 0.1) is 5.41 Å². The zero-order valence-corrected chi connectivity index (χ0v) is 13.2. The second kappa shape index (κ2) is 7.33. The molecule has 0 aromatic carbocycles. The molecule has 1 aliphatic rings. The summed E-state index contributed by atoms with van der Waals surface area (Å²) in [6.07, 6.45) is 18.9. The van der Waals surface area contributed by atoms with E-state index in [1.807, 2.05) is 0 Å². The molecule has 0 atom stereocenters. The summed E-state index contributed by atoms with van der Waals surface area (Å²) in [6, 6.07) is 0. The molecular formula is C19H28. The number of hydrogen-bond acceptors (Lipinski definition) is 0. The van der Waals surface area contributed by atoms with E-state index in [0.717, 1.165) is 0 Å². The zero-order valence-electron chi connectivity index (χ0n) is 13.2.